The van der Waals surface area contributed by atoms with E-state index >= 15 is 0 Å². The summed E-state index contributed by atoms with van der Waals surface area (Å²) in [5.74, 6) is -1.52. The molecule has 1 rings (SSSR count). The summed E-state index contributed by atoms with van der Waals surface area (Å²) in [5.41, 5.74) is 7.49. The zero-order valence-corrected chi connectivity index (χ0v) is 11.0. The van der Waals surface area contributed by atoms with Gasteiger partial charge in [0.2, 0.25) is 5.96 Å². The van der Waals surface area contributed by atoms with Crippen LogP contribution < -0.4 is 11.2 Å². The molecule has 0 atom stereocenters. The van der Waals surface area contributed by atoms with Gasteiger partial charge in [0.05, 0.1) is 6.21 Å². The number of carboxylic acids is 1. The van der Waals surface area contributed by atoms with Gasteiger partial charge in [-0.05, 0) is 18.2 Å². The fourth-order valence-electron chi connectivity index (χ4n) is 0.778. The summed E-state index contributed by atoms with van der Waals surface area (Å²) in [6.07, 6.45) is 1.25. The van der Waals surface area contributed by atoms with Crippen molar-refractivity contribution in [2.45, 2.75) is 6.92 Å². The lowest BCUT2D eigenvalue weighted by molar-refractivity contribution is -0.134. The SMILES string of the molecule is CC(=O)O.N=C(N)N/N=C/c1ccc(Br)cc1F. The number of guanidine groups is 1. The molecule has 0 aliphatic heterocycles. The standard InChI is InChI=1S/C8H8BrFN4.C2H4O2/c9-6-2-1-5(7(10)3-6)4-13-14-8(11)12;1-2(3)4/h1-4H,(H4,11,12,14);1H3,(H,3,4)/b13-4+;. The molecule has 0 aliphatic rings. The van der Waals surface area contributed by atoms with Crippen LogP contribution in [0.15, 0.2) is 27.8 Å². The maximum Gasteiger partial charge on any atom is 0.300 e. The molecule has 0 bridgehead atoms. The summed E-state index contributed by atoms with van der Waals surface area (Å²) in [7, 11) is 0. The van der Waals surface area contributed by atoms with Crippen LogP contribution in [0.2, 0.25) is 0 Å². The summed E-state index contributed by atoms with van der Waals surface area (Å²) in [6.45, 7) is 1.08. The highest BCUT2D eigenvalue weighted by Gasteiger charge is 1.98. The molecule has 5 N–H and O–H groups in total. The van der Waals surface area contributed by atoms with E-state index in [0.29, 0.717) is 10.0 Å². The van der Waals surface area contributed by atoms with Crippen LogP contribution in [0.1, 0.15) is 12.5 Å². The molecule has 8 heteroatoms. The number of nitrogens with zero attached hydrogens (tertiary/aromatic N) is 1. The minimum absolute atomic E-state index is 0.293. The number of hydrogen-bond donors (Lipinski definition) is 4. The summed E-state index contributed by atoms with van der Waals surface area (Å²) in [5, 5.41) is 17.8. The normalized spacial score (nSPS) is 9.50. The molecule has 0 unspecified atom stereocenters. The third-order valence-corrected chi connectivity index (χ3v) is 1.84. The summed E-state index contributed by atoms with van der Waals surface area (Å²) in [4.78, 5) is 9.00. The fourth-order valence-corrected chi connectivity index (χ4v) is 1.11. The van der Waals surface area contributed by atoms with Crippen molar-refractivity contribution in [1.29, 1.82) is 5.41 Å². The average molecular weight is 319 g/mol. The van der Waals surface area contributed by atoms with Gasteiger partial charge in [0.15, 0.2) is 0 Å². The first-order valence-electron chi connectivity index (χ1n) is 4.60. The van der Waals surface area contributed by atoms with Crippen molar-refractivity contribution in [3.8, 4) is 0 Å². The van der Waals surface area contributed by atoms with Crippen molar-refractivity contribution in [2.24, 2.45) is 10.8 Å². The predicted molar refractivity (Wildman–Crippen MR) is 70.1 cm³/mol. The van der Waals surface area contributed by atoms with E-state index < -0.39 is 11.8 Å². The van der Waals surface area contributed by atoms with Crippen LogP contribution in [0.3, 0.4) is 0 Å². The summed E-state index contributed by atoms with van der Waals surface area (Å²) < 4.78 is 13.8. The lowest BCUT2D eigenvalue weighted by Gasteiger charge is -1.97. The zero-order valence-electron chi connectivity index (χ0n) is 9.45. The van der Waals surface area contributed by atoms with Gasteiger partial charge in [-0.25, -0.2) is 9.82 Å². The number of halogens is 2. The van der Waals surface area contributed by atoms with Gasteiger partial charge in [0, 0.05) is 17.0 Å². The molecular weight excluding hydrogens is 307 g/mol. The van der Waals surface area contributed by atoms with Gasteiger partial charge < -0.3 is 10.8 Å². The lowest BCUT2D eigenvalue weighted by atomic mass is 10.2. The van der Waals surface area contributed by atoms with E-state index in [4.69, 9.17) is 21.0 Å². The second kappa shape index (κ2) is 8.18. The molecule has 0 radical (unpaired) electrons. The Morgan fingerprint density at radius 1 is 1.67 bits per heavy atom. The Morgan fingerprint density at radius 3 is 2.67 bits per heavy atom. The molecule has 1 aromatic carbocycles. The monoisotopic (exact) mass is 318 g/mol. The quantitative estimate of drug-likeness (QED) is 0.376. The Hall–Kier alpha value is -1.96. The van der Waals surface area contributed by atoms with Gasteiger partial charge in [0.25, 0.3) is 5.97 Å². The van der Waals surface area contributed by atoms with E-state index in [1.807, 2.05) is 0 Å². The lowest BCUT2D eigenvalue weighted by Crippen LogP contribution is -2.25. The molecule has 18 heavy (non-hydrogen) atoms. The van der Waals surface area contributed by atoms with Crippen molar-refractivity contribution in [1.82, 2.24) is 5.43 Å². The van der Waals surface area contributed by atoms with Gasteiger partial charge >= 0.3 is 0 Å². The number of hydrazone groups is 1. The molecule has 98 valence electrons. The largest absolute Gasteiger partial charge is 0.481 e. The topological polar surface area (TPSA) is 112 Å². The minimum atomic E-state index is -0.833. The van der Waals surface area contributed by atoms with Crippen molar-refractivity contribution in [2.75, 3.05) is 0 Å². The van der Waals surface area contributed by atoms with Crippen molar-refractivity contribution >= 4 is 34.1 Å². The number of benzene rings is 1. The fraction of sp³-hybridized carbons (Fsp3) is 0.100. The van der Waals surface area contributed by atoms with Crippen LogP contribution in [-0.2, 0) is 4.79 Å². The number of carbonyl (C=O) groups is 1. The molecular formula is C10H12BrFN4O2. The smallest absolute Gasteiger partial charge is 0.300 e. The maximum atomic E-state index is 13.1. The number of aliphatic carboxylic acids is 1. The Labute approximate surface area is 111 Å². The number of rotatable bonds is 2. The van der Waals surface area contributed by atoms with Crippen LogP contribution >= 0.6 is 15.9 Å². The Morgan fingerprint density at radius 2 is 2.22 bits per heavy atom. The molecule has 0 heterocycles. The van der Waals surface area contributed by atoms with E-state index in [1.54, 1.807) is 12.1 Å². The van der Waals surface area contributed by atoms with E-state index in [9.17, 15) is 4.39 Å². The van der Waals surface area contributed by atoms with Crippen LogP contribution in [-0.4, -0.2) is 23.2 Å². The number of hydrogen-bond acceptors (Lipinski definition) is 3. The summed E-state index contributed by atoms with van der Waals surface area (Å²) >= 11 is 3.13. The summed E-state index contributed by atoms with van der Waals surface area (Å²) in [6, 6.07) is 4.58. The second-order valence-electron chi connectivity index (χ2n) is 2.97. The Bertz CT molecular complexity index is 461. The van der Waals surface area contributed by atoms with E-state index in [1.165, 1.54) is 12.3 Å². The third-order valence-electron chi connectivity index (χ3n) is 1.35. The first-order chi connectivity index (χ1) is 8.32. The molecule has 0 saturated carbocycles. The number of nitrogens with two attached hydrogens (primary N) is 1. The second-order valence-corrected chi connectivity index (χ2v) is 3.88. The molecule has 1 aromatic rings. The van der Waals surface area contributed by atoms with Crippen molar-refractivity contribution < 1.29 is 14.3 Å². The Balaban J connectivity index is 0.000000631. The van der Waals surface area contributed by atoms with E-state index in [2.05, 4.69) is 26.5 Å². The first kappa shape index (κ1) is 16.0. The first-order valence-corrected chi connectivity index (χ1v) is 5.40. The van der Waals surface area contributed by atoms with Gasteiger partial charge in [-0.3, -0.25) is 10.2 Å². The molecule has 0 spiro atoms. The van der Waals surface area contributed by atoms with E-state index in [-0.39, 0.29) is 5.96 Å². The van der Waals surface area contributed by atoms with Crippen LogP contribution in [0, 0.1) is 11.2 Å². The highest BCUT2D eigenvalue weighted by molar-refractivity contribution is 9.10. The molecule has 0 saturated heterocycles. The zero-order chi connectivity index (χ0) is 14.1. The molecule has 0 aromatic heterocycles. The minimum Gasteiger partial charge on any atom is -0.481 e. The molecule has 0 amide bonds. The maximum absolute atomic E-state index is 13.1. The molecule has 0 fully saturated rings. The third kappa shape index (κ3) is 8.22. The molecule has 0 aliphatic carbocycles. The van der Waals surface area contributed by atoms with Gasteiger partial charge in [0.1, 0.15) is 5.82 Å². The van der Waals surface area contributed by atoms with Gasteiger partial charge in [-0.2, -0.15) is 5.10 Å². The number of nitrogens with one attached hydrogen (secondary N) is 2. The van der Waals surface area contributed by atoms with Crippen LogP contribution in [0.5, 0.6) is 0 Å². The molecule has 6 nitrogen and oxygen atoms in total. The Kier molecular flexibility index (Phi) is 7.29. The predicted octanol–water partition coefficient (Wildman–Crippen LogP) is 1.50. The van der Waals surface area contributed by atoms with Gasteiger partial charge in [-0.1, -0.05) is 15.9 Å². The van der Waals surface area contributed by atoms with E-state index in [0.717, 1.165) is 6.92 Å². The van der Waals surface area contributed by atoms with Crippen molar-refractivity contribution in [3.63, 3.8) is 0 Å². The van der Waals surface area contributed by atoms with Crippen LogP contribution in [0.4, 0.5) is 4.39 Å². The van der Waals surface area contributed by atoms with Gasteiger partial charge in [-0.15, -0.1) is 0 Å². The number of carboxylic acid groups (broad SMARTS) is 1. The highest BCUT2D eigenvalue weighted by Crippen LogP contribution is 2.13. The highest BCUT2D eigenvalue weighted by atomic mass is 79.9. The average Bonchev–Trinajstić information content (AvgIpc) is 2.20. The van der Waals surface area contributed by atoms with Crippen molar-refractivity contribution in [3.05, 3.63) is 34.1 Å². The van der Waals surface area contributed by atoms with Crippen LogP contribution in [0.25, 0.3) is 0 Å².